The molecule has 0 saturated carbocycles. The van der Waals surface area contributed by atoms with Gasteiger partial charge in [0.25, 0.3) is 0 Å². The first kappa shape index (κ1) is 19.7. The van der Waals surface area contributed by atoms with E-state index in [9.17, 15) is 22.8 Å². The van der Waals surface area contributed by atoms with Crippen LogP contribution in [0.15, 0.2) is 48.5 Å². The number of carbonyl (C=O) groups excluding carboxylic acids is 2. The highest BCUT2D eigenvalue weighted by atomic mass is 19.4. The fourth-order valence-corrected chi connectivity index (χ4v) is 3.16. The van der Waals surface area contributed by atoms with Crippen molar-refractivity contribution in [3.05, 3.63) is 59.7 Å². The predicted molar refractivity (Wildman–Crippen MR) is 96.7 cm³/mol. The number of carbonyl (C=O) groups is 2. The van der Waals surface area contributed by atoms with Gasteiger partial charge in [-0.05, 0) is 24.3 Å². The van der Waals surface area contributed by atoms with Gasteiger partial charge in [0.15, 0.2) is 0 Å². The van der Waals surface area contributed by atoms with Gasteiger partial charge in [0, 0.05) is 30.8 Å². The summed E-state index contributed by atoms with van der Waals surface area (Å²) in [5.41, 5.74) is 0.0964. The van der Waals surface area contributed by atoms with Gasteiger partial charge in [0.1, 0.15) is 5.75 Å². The Morgan fingerprint density at radius 2 is 1.96 bits per heavy atom. The molecule has 1 fully saturated rings. The van der Waals surface area contributed by atoms with E-state index in [1.54, 1.807) is 6.07 Å². The second-order valence-corrected chi connectivity index (χ2v) is 6.48. The number of rotatable bonds is 5. The number of amides is 2. The maximum atomic E-state index is 12.9. The Hall–Kier alpha value is -3.03. The van der Waals surface area contributed by atoms with Gasteiger partial charge in [-0.3, -0.25) is 9.59 Å². The quantitative estimate of drug-likeness (QED) is 0.849. The molecule has 8 heteroatoms. The smallest absolute Gasteiger partial charge is 0.416 e. The molecule has 148 valence electrons. The van der Waals surface area contributed by atoms with Crippen molar-refractivity contribution in [2.75, 3.05) is 18.6 Å². The van der Waals surface area contributed by atoms with E-state index in [-0.39, 0.29) is 37.0 Å². The zero-order chi connectivity index (χ0) is 20.3. The number of ether oxygens (including phenoxy) is 1. The molecule has 0 aromatic heterocycles. The van der Waals surface area contributed by atoms with Crippen molar-refractivity contribution in [2.24, 2.45) is 5.92 Å². The van der Waals surface area contributed by atoms with Crippen LogP contribution >= 0.6 is 0 Å². The summed E-state index contributed by atoms with van der Waals surface area (Å²) in [7, 11) is 1.53. The minimum atomic E-state index is -4.50. The Morgan fingerprint density at radius 1 is 1.21 bits per heavy atom. The first-order valence-corrected chi connectivity index (χ1v) is 8.67. The zero-order valence-corrected chi connectivity index (χ0v) is 15.1. The first-order chi connectivity index (χ1) is 13.3. The second-order valence-electron chi connectivity index (χ2n) is 6.48. The van der Waals surface area contributed by atoms with Crippen LogP contribution in [0.25, 0.3) is 0 Å². The molecule has 2 amide bonds. The highest BCUT2D eigenvalue weighted by molar-refractivity contribution is 6.00. The van der Waals surface area contributed by atoms with Crippen molar-refractivity contribution in [2.45, 2.75) is 19.1 Å². The zero-order valence-electron chi connectivity index (χ0n) is 15.1. The molecule has 1 saturated heterocycles. The number of hydrogen-bond donors (Lipinski definition) is 1. The van der Waals surface area contributed by atoms with Crippen LogP contribution in [0.5, 0.6) is 5.75 Å². The highest BCUT2D eigenvalue weighted by Gasteiger charge is 2.36. The summed E-state index contributed by atoms with van der Waals surface area (Å²) < 4.78 is 43.9. The standard InChI is InChI=1S/C20H19F3N2O3/c1-28-17-8-3-2-5-13(17)11-24-19(27)14-9-18(26)25(12-14)16-7-4-6-15(10-16)20(21,22)23/h2-8,10,14H,9,11-12H2,1H3,(H,24,27)/t14-/m0/s1. The lowest BCUT2D eigenvalue weighted by Gasteiger charge is -2.18. The molecule has 2 aromatic rings. The first-order valence-electron chi connectivity index (χ1n) is 8.67. The number of hydrogen-bond acceptors (Lipinski definition) is 3. The lowest BCUT2D eigenvalue weighted by molar-refractivity contribution is -0.137. The number of halogens is 3. The highest BCUT2D eigenvalue weighted by Crippen LogP contribution is 2.33. The Balaban J connectivity index is 1.66. The van der Waals surface area contributed by atoms with Gasteiger partial charge in [0.2, 0.25) is 11.8 Å². The average Bonchev–Trinajstić information content (AvgIpc) is 3.07. The molecular weight excluding hydrogens is 373 g/mol. The number of alkyl halides is 3. The number of nitrogens with zero attached hydrogens (tertiary/aromatic N) is 1. The Labute approximate surface area is 160 Å². The van der Waals surface area contributed by atoms with Gasteiger partial charge in [-0.25, -0.2) is 0 Å². The van der Waals surface area contributed by atoms with E-state index in [4.69, 9.17) is 4.74 Å². The molecule has 28 heavy (non-hydrogen) atoms. The maximum Gasteiger partial charge on any atom is 0.416 e. The van der Waals surface area contributed by atoms with Crippen LogP contribution in [-0.4, -0.2) is 25.5 Å². The number of anilines is 1. The minimum Gasteiger partial charge on any atom is -0.496 e. The van der Waals surface area contributed by atoms with E-state index >= 15 is 0 Å². The molecule has 5 nitrogen and oxygen atoms in total. The summed E-state index contributed by atoms with van der Waals surface area (Å²) in [6.45, 7) is 0.273. The van der Waals surface area contributed by atoms with Crippen LogP contribution in [0.1, 0.15) is 17.5 Å². The number of nitrogens with one attached hydrogen (secondary N) is 1. The Morgan fingerprint density at radius 3 is 2.68 bits per heavy atom. The monoisotopic (exact) mass is 392 g/mol. The van der Waals surface area contributed by atoms with E-state index in [1.807, 2.05) is 18.2 Å². The molecule has 1 N–H and O–H groups in total. The third-order valence-electron chi connectivity index (χ3n) is 4.63. The van der Waals surface area contributed by atoms with Gasteiger partial charge < -0.3 is 15.0 Å². The SMILES string of the molecule is COc1ccccc1CNC(=O)[C@H]1CC(=O)N(c2cccc(C(F)(F)F)c2)C1. The molecule has 3 rings (SSSR count). The van der Waals surface area contributed by atoms with Crippen LogP contribution in [-0.2, 0) is 22.3 Å². The van der Waals surface area contributed by atoms with Crippen molar-refractivity contribution in [3.8, 4) is 5.75 Å². The van der Waals surface area contributed by atoms with Gasteiger partial charge in [-0.2, -0.15) is 13.2 Å². The maximum absolute atomic E-state index is 12.9. The fraction of sp³-hybridized carbons (Fsp3) is 0.300. The van der Waals surface area contributed by atoms with Crippen molar-refractivity contribution in [1.29, 1.82) is 0 Å². The molecular formula is C20H19F3N2O3. The molecule has 0 aliphatic carbocycles. The second kappa shape index (κ2) is 7.92. The summed E-state index contributed by atoms with van der Waals surface area (Å²) >= 11 is 0. The summed E-state index contributed by atoms with van der Waals surface area (Å²) in [5.74, 6) is -0.696. The fourth-order valence-electron chi connectivity index (χ4n) is 3.16. The largest absolute Gasteiger partial charge is 0.496 e. The van der Waals surface area contributed by atoms with E-state index in [1.165, 1.54) is 24.1 Å². The lowest BCUT2D eigenvalue weighted by Crippen LogP contribution is -2.32. The topological polar surface area (TPSA) is 58.6 Å². The minimum absolute atomic E-state index is 0.0396. The molecule has 0 bridgehead atoms. The predicted octanol–water partition coefficient (Wildman–Crippen LogP) is 3.38. The Kier molecular flexibility index (Phi) is 5.58. The number of benzene rings is 2. The average molecular weight is 392 g/mol. The molecule has 1 aliphatic rings. The van der Waals surface area contributed by atoms with Crippen LogP contribution in [0.2, 0.25) is 0 Å². The van der Waals surface area contributed by atoms with Crippen LogP contribution in [0.4, 0.5) is 18.9 Å². The molecule has 0 spiro atoms. The third-order valence-corrected chi connectivity index (χ3v) is 4.63. The number of methoxy groups -OCH3 is 1. The molecule has 0 unspecified atom stereocenters. The lowest BCUT2D eigenvalue weighted by atomic mass is 10.1. The van der Waals surface area contributed by atoms with Crippen molar-refractivity contribution in [3.63, 3.8) is 0 Å². The van der Waals surface area contributed by atoms with Gasteiger partial charge in [-0.1, -0.05) is 24.3 Å². The van der Waals surface area contributed by atoms with Crippen LogP contribution in [0.3, 0.4) is 0 Å². The van der Waals surface area contributed by atoms with E-state index in [0.29, 0.717) is 5.75 Å². The Bertz CT molecular complexity index is 883. The summed E-state index contributed by atoms with van der Waals surface area (Å²) in [6, 6.07) is 11.8. The van der Waals surface area contributed by atoms with Gasteiger partial charge >= 0.3 is 6.18 Å². The normalized spacial score (nSPS) is 16.9. The van der Waals surface area contributed by atoms with E-state index in [0.717, 1.165) is 17.7 Å². The van der Waals surface area contributed by atoms with E-state index in [2.05, 4.69) is 5.32 Å². The molecule has 0 radical (unpaired) electrons. The van der Waals surface area contributed by atoms with Crippen molar-refractivity contribution in [1.82, 2.24) is 5.32 Å². The van der Waals surface area contributed by atoms with Crippen LogP contribution < -0.4 is 15.0 Å². The van der Waals surface area contributed by atoms with Gasteiger partial charge in [0.05, 0.1) is 18.6 Å². The van der Waals surface area contributed by atoms with Crippen LogP contribution in [0, 0.1) is 5.92 Å². The van der Waals surface area contributed by atoms with E-state index < -0.39 is 17.7 Å². The van der Waals surface area contributed by atoms with Crippen molar-refractivity contribution < 1.29 is 27.5 Å². The third kappa shape index (κ3) is 4.27. The number of para-hydroxylation sites is 1. The molecule has 2 aromatic carbocycles. The van der Waals surface area contributed by atoms with Gasteiger partial charge in [-0.15, -0.1) is 0 Å². The summed E-state index contributed by atoms with van der Waals surface area (Å²) in [6.07, 6.45) is -4.54. The summed E-state index contributed by atoms with van der Waals surface area (Å²) in [5, 5.41) is 2.77. The molecule has 1 atom stereocenters. The molecule has 1 aliphatic heterocycles. The summed E-state index contributed by atoms with van der Waals surface area (Å²) in [4.78, 5) is 26.0. The van der Waals surface area contributed by atoms with Crippen molar-refractivity contribution >= 4 is 17.5 Å². The molecule has 1 heterocycles.